The summed E-state index contributed by atoms with van der Waals surface area (Å²) in [5.41, 5.74) is 2.75. The van der Waals surface area contributed by atoms with Crippen molar-refractivity contribution in [1.29, 1.82) is 0 Å². The molecule has 4 rings (SSSR count). The highest BCUT2D eigenvalue weighted by Gasteiger charge is 2.18. The molecule has 0 fully saturated rings. The van der Waals surface area contributed by atoms with Crippen LogP contribution in [0.5, 0.6) is 0 Å². The first-order valence-corrected chi connectivity index (χ1v) is 8.58. The molecule has 4 aromatic rings. The molecule has 2 aromatic heterocycles. The number of rotatable bonds is 2. The van der Waals surface area contributed by atoms with E-state index in [0.29, 0.717) is 22.0 Å². The number of hydrogen-bond acceptors (Lipinski definition) is 3. The Morgan fingerprint density at radius 1 is 1.07 bits per heavy atom. The molecular weight excluding hydrogens is 340 g/mol. The molecule has 0 aliphatic rings. The predicted molar refractivity (Wildman–Crippen MR) is 105 cm³/mol. The smallest absolute Gasteiger partial charge is 0.340 e. The number of carbonyl (C=O) groups is 1. The van der Waals surface area contributed by atoms with E-state index in [0.717, 1.165) is 16.5 Å². The molecule has 0 spiro atoms. The van der Waals surface area contributed by atoms with Gasteiger partial charge < -0.3 is 14.7 Å². The number of aromatic amines is 2. The molecule has 5 nitrogen and oxygen atoms in total. The summed E-state index contributed by atoms with van der Waals surface area (Å²) in [4.78, 5) is 30.3. The number of esters is 1. The van der Waals surface area contributed by atoms with Gasteiger partial charge in [-0.1, -0.05) is 30.0 Å². The zero-order valence-electron chi connectivity index (χ0n) is 14.6. The minimum Gasteiger partial charge on any atom is -0.462 e. The Kier molecular flexibility index (Phi) is 4.23. The van der Waals surface area contributed by atoms with Gasteiger partial charge in [0.25, 0.3) is 5.56 Å². The van der Waals surface area contributed by atoms with Gasteiger partial charge in [0.2, 0.25) is 0 Å². The number of benzene rings is 2. The first kappa shape index (κ1) is 16.7. The molecule has 5 heteroatoms. The molecule has 0 radical (unpaired) electrons. The second-order valence-corrected chi connectivity index (χ2v) is 6.00. The first-order chi connectivity index (χ1) is 13.2. The molecule has 2 N–H and O–H groups in total. The van der Waals surface area contributed by atoms with Gasteiger partial charge in [0.1, 0.15) is 5.52 Å². The van der Waals surface area contributed by atoms with Crippen molar-refractivity contribution < 1.29 is 9.53 Å². The summed E-state index contributed by atoms with van der Waals surface area (Å²) in [7, 11) is 0. The standard InChI is InChI=1S/C22H16N2O3/c1-2-27-22(26)17-13-23-20-19(17)16-12-15(10-11-18(16)24-21(20)25)9-8-14-6-4-3-5-7-14/h3-7,10-13,23H,2H2,1H3,(H,24,25). The summed E-state index contributed by atoms with van der Waals surface area (Å²) in [6.07, 6.45) is 1.51. The Bertz CT molecular complexity index is 1270. The Morgan fingerprint density at radius 2 is 1.85 bits per heavy atom. The fourth-order valence-electron chi connectivity index (χ4n) is 3.04. The van der Waals surface area contributed by atoms with Crippen LogP contribution in [0.15, 0.2) is 59.5 Å². The van der Waals surface area contributed by atoms with Gasteiger partial charge in [-0.05, 0) is 37.3 Å². The van der Waals surface area contributed by atoms with Crippen LogP contribution < -0.4 is 5.56 Å². The largest absolute Gasteiger partial charge is 0.462 e. The molecule has 0 unspecified atom stereocenters. The lowest BCUT2D eigenvalue weighted by Gasteiger charge is -2.04. The Labute approximate surface area is 155 Å². The van der Waals surface area contributed by atoms with Gasteiger partial charge in [-0.15, -0.1) is 0 Å². The minimum absolute atomic E-state index is 0.264. The van der Waals surface area contributed by atoms with Gasteiger partial charge in [-0.3, -0.25) is 4.79 Å². The van der Waals surface area contributed by atoms with E-state index >= 15 is 0 Å². The van der Waals surface area contributed by atoms with Crippen LogP contribution >= 0.6 is 0 Å². The van der Waals surface area contributed by atoms with E-state index in [1.807, 2.05) is 42.5 Å². The maximum atomic E-state index is 12.3. The van der Waals surface area contributed by atoms with Crippen LogP contribution in [0.1, 0.15) is 28.4 Å². The second-order valence-electron chi connectivity index (χ2n) is 6.00. The van der Waals surface area contributed by atoms with Crippen molar-refractivity contribution in [2.75, 3.05) is 6.61 Å². The van der Waals surface area contributed by atoms with E-state index in [4.69, 9.17) is 4.74 Å². The average molecular weight is 356 g/mol. The summed E-state index contributed by atoms with van der Waals surface area (Å²) in [6.45, 7) is 2.01. The molecule has 0 amide bonds. The van der Waals surface area contributed by atoms with Crippen molar-refractivity contribution in [1.82, 2.24) is 9.97 Å². The fraction of sp³-hybridized carbons (Fsp3) is 0.0909. The molecule has 0 saturated heterocycles. The maximum Gasteiger partial charge on any atom is 0.340 e. The van der Waals surface area contributed by atoms with Crippen LogP contribution in [0, 0.1) is 11.8 Å². The third-order valence-electron chi connectivity index (χ3n) is 4.26. The molecule has 2 aromatic carbocycles. The van der Waals surface area contributed by atoms with E-state index < -0.39 is 5.97 Å². The molecule has 0 bridgehead atoms. The highest BCUT2D eigenvalue weighted by molar-refractivity contribution is 6.15. The first-order valence-electron chi connectivity index (χ1n) is 8.58. The third-order valence-corrected chi connectivity index (χ3v) is 4.26. The van der Waals surface area contributed by atoms with E-state index in [-0.39, 0.29) is 12.2 Å². The van der Waals surface area contributed by atoms with Crippen molar-refractivity contribution >= 4 is 27.8 Å². The van der Waals surface area contributed by atoms with Crippen LogP contribution in [0.3, 0.4) is 0 Å². The van der Waals surface area contributed by atoms with Crippen LogP contribution in [-0.2, 0) is 4.74 Å². The lowest BCUT2D eigenvalue weighted by Crippen LogP contribution is -2.08. The summed E-state index contributed by atoms with van der Waals surface area (Å²) in [6, 6.07) is 15.2. The lowest BCUT2D eigenvalue weighted by molar-refractivity contribution is 0.0529. The van der Waals surface area contributed by atoms with Crippen LogP contribution in [0.4, 0.5) is 0 Å². The minimum atomic E-state index is -0.462. The summed E-state index contributed by atoms with van der Waals surface area (Å²) in [5.74, 6) is 5.78. The number of ether oxygens (including phenoxy) is 1. The van der Waals surface area contributed by atoms with Crippen molar-refractivity contribution in [2.24, 2.45) is 0 Å². The normalized spacial score (nSPS) is 10.6. The number of carbonyl (C=O) groups excluding carboxylic acids is 1. The summed E-state index contributed by atoms with van der Waals surface area (Å²) >= 11 is 0. The number of nitrogens with one attached hydrogen (secondary N) is 2. The van der Waals surface area contributed by atoms with Gasteiger partial charge >= 0.3 is 5.97 Å². The molecular formula is C22H16N2O3. The van der Waals surface area contributed by atoms with Crippen LogP contribution in [0.25, 0.3) is 21.8 Å². The van der Waals surface area contributed by atoms with Crippen molar-refractivity contribution in [2.45, 2.75) is 6.92 Å². The molecule has 0 atom stereocenters. The van der Waals surface area contributed by atoms with Gasteiger partial charge in [0, 0.05) is 33.6 Å². The van der Waals surface area contributed by atoms with Crippen molar-refractivity contribution in [3.63, 3.8) is 0 Å². The van der Waals surface area contributed by atoms with E-state index in [1.165, 1.54) is 6.20 Å². The maximum absolute atomic E-state index is 12.3. The number of aromatic nitrogens is 2. The number of hydrogen-bond donors (Lipinski definition) is 2. The molecule has 2 heterocycles. The molecule has 132 valence electrons. The molecule has 0 aliphatic heterocycles. The third kappa shape index (κ3) is 3.09. The van der Waals surface area contributed by atoms with Gasteiger partial charge in [-0.2, -0.15) is 0 Å². The Balaban J connectivity index is 1.92. The zero-order valence-corrected chi connectivity index (χ0v) is 14.6. The SMILES string of the molecule is CCOC(=O)c1c[nH]c2c(=O)[nH]c3ccc(C#Cc4ccccc4)cc3c12. The van der Waals surface area contributed by atoms with Gasteiger partial charge in [0.05, 0.1) is 12.2 Å². The molecule has 0 saturated carbocycles. The van der Waals surface area contributed by atoms with Gasteiger partial charge in [0.15, 0.2) is 0 Å². The predicted octanol–water partition coefficient (Wildman–Crippen LogP) is 3.59. The van der Waals surface area contributed by atoms with Gasteiger partial charge in [-0.25, -0.2) is 4.79 Å². The molecule has 0 aliphatic carbocycles. The zero-order chi connectivity index (χ0) is 18.8. The number of pyridine rings is 1. The van der Waals surface area contributed by atoms with Crippen LogP contribution in [0.2, 0.25) is 0 Å². The van der Waals surface area contributed by atoms with Crippen LogP contribution in [-0.4, -0.2) is 22.5 Å². The van der Waals surface area contributed by atoms with E-state index in [9.17, 15) is 9.59 Å². The quantitative estimate of drug-likeness (QED) is 0.426. The van der Waals surface area contributed by atoms with E-state index in [1.54, 1.807) is 13.0 Å². The van der Waals surface area contributed by atoms with E-state index in [2.05, 4.69) is 21.8 Å². The number of H-pyrrole nitrogens is 2. The lowest BCUT2D eigenvalue weighted by atomic mass is 10.0. The second kappa shape index (κ2) is 6.85. The van der Waals surface area contributed by atoms with Crippen molar-refractivity contribution in [3.8, 4) is 11.8 Å². The average Bonchev–Trinajstić information content (AvgIpc) is 3.14. The molecule has 27 heavy (non-hydrogen) atoms. The Hall–Kier alpha value is -3.78. The Morgan fingerprint density at radius 3 is 2.63 bits per heavy atom. The highest BCUT2D eigenvalue weighted by Crippen LogP contribution is 2.26. The van der Waals surface area contributed by atoms with Crippen molar-refractivity contribution in [3.05, 3.63) is 81.8 Å². The summed E-state index contributed by atoms with van der Waals surface area (Å²) < 4.78 is 5.12. The monoisotopic (exact) mass is 356 g/mol. The topological polar surface area (TPSA) is 75.0 Å². The summed E-state index contributed by atoms with van der Waals surface area (Å²) in [5, 5.41) is 1.30. The fourth-order valence-corrected chi connectivity index (χ4v) is 3.04. The number of fused-ring (bicyclic) bond motifs is 3. The highest BCUT2D eigenvalue weighted by atomic mass is 16.5.